The summed E-state index contributed by atoms with van der Waals surface area (Å²) < 4.78 is 0. The molecule has 1 rings (SSSR count). The van der Waals surface area contributed by atoms with Gasteiger partial charge in [0.2, 0.25) is 0 Å². The molecule has 78 valence electrons. The van der Waals surface area contributed by atoms with Gasteiger partial charge in [-0.25, -0.2) is 0 Å². The molecule has 2 heteroatoms. The number of nitrogens with two attached hydrogens (primary N) is 1. The van der Waals surface area contributed by atoms with Gasteiger partial charge in [-0.05, 0) is 23.5 Å². The van der Waals surface area contributed by atoms with Crippen molar-refractivity contribution in [3.05, 3.63) is 35.4 Å². The Bertz CT molecular complexity index is 283. The van der Waals surface area contributed by atoms with Crippen LogP contribution in [-0.4, -0.2) is 11.7 Å². The molecule has 0 radical (unpaired) electrons. The highest BCUT2D eigenvalue weighted by Gasteiger charge is 2.11. The van der Waals surface area contributed by atoms with Gasteiger partial charge in [0.1, 0.15) is 0 Å². The van der Waals surface area contributed by atoms with Gasteiger partial charge in [0.15, 0.2) is 0 Å². The first-order chi connectivity index (χ1) is 6.66. The van der Waals surface area contributed by atoms with Crippen LogP contribution in [0.5, 0.6) is 0 Å². The molecule has 0 aliphatic rings. The van der Waals surface area contributed by atoms with Crippen LogP contribution in [0.2, 0.25) is 0 Å². The van der Waals surface area contributed by atoms with E-state index in [0.717, 1.165) is 5.56 Å². The molecule has 0 fully saturated rings. The lowest BCUT2D eigenvalue weighted by atomic mass is 9.92. The van der Waals surface area contributed by atoms with Crippen LogP contribution in [0.15, 0.2) is 24.3 Å². The van der Waals surface area contributed by atoms with Crippen LogP contribution in [0.25, 0.3) is 0 Å². The van der Waals surface area contributed by atoms with Crippen LogP contribution in [0.4, 0.5) is 0 Å². The number of aliphatic hydroxyl groups is 1. The molecule has 14 heavy (non-hydrogen) atoms. The quantitative estimate of drug-likeness (QED) is 0.770. The third kappa shape index (κ3) is 2.56. The minimum Gasteiger partial charge on any atom is -0.396 e. The smallest absolute Gasteiger partial charge is 0.0449 e. The van der Waals surface area contributed by atoms with E-state index in [9.17, 15) is 0 Å². The van der Waals surface area contributed by atoms with Gasteiger partial charge in [-0.3, -0.25) is 0 Å². The zero-order chi connectivity index (χ0) is 10.6. The minimum atomic E-state index is -0.0430. The first-order valence-corrected chi connectivity index (χ1v) is 5.12. The van der Waals surface area contributed by atoms with E-state index < -0.39 is 0 Å². The normalized spacial score (nSPS) is 13.2. The Morgan fingerprint density at radius 2 is 1.79 bits per heavy atom. The van der Waals surface area contributed by atoms with Crippen molar-refractivity contribution in [2.75, 3.05) is 6.61 Å². The van der Waals surface area contributed by atoms with Gasteiger partial charge in [-0.2, -0.15) is 0 Å². The Hall–Kier alpha value is -0.860. The van der Waals surface area contributed by atoms with E-state index in [2.05, 4.69) is 26.0 Å². The van der Waals surface area contributed by atoms with Crippen molar-refractivity contribution in [1.29, 1.82) is 0 Å². The molecule has 0 amide bonds. The maximum Gasteiger partial charge on any atom is 0.0449 e. The molecule has 2 nitrogen and oxygen atoms in total. The second-order valence-corrected chi connectivity index (χ2v) is 3.90. The first-order valence-electron chi connectivity index (χ1n) is 5.12. The second kappa shape index (κ2) is 5.13. The van der Waals surface area contributed by atoms with Crippen molar-refractivity contribution < 1.29 is 5.11 Å². The Labute approximate surface area is 85.8 Å². The molecule has 0 aromatic heterocycles. The average Bonchev–Trinajstić information content (AvgIpc) is 2.18. The van der Waals surface area contributed by atoms with Gasteiger partial charge < -0.3 is 10.8 Å². The molecule has 1 aromatic rings. The fourth-order valence-electron chi connectivity index (χ4n) is 1.67. The van der Waals surface area contributed by atoms with E-state index in [0.29, 0.717) is 12.3 Å². The van der Waals surface area contributed by atoms with Crippen LogP contribution >= 0.6 is 0 Å². The van der Waals surface area contributed by atoms with E-state index in [4.69, 9.17) is 10.8 Å². The molecular weight excluding hydrogens is 174 g/mol. The number of benzene rings is 1. The van der Waals surface area contributed by atoms with Gasteiger partial charge in [0.25, 0.3) is 0 Å². The van der Waals surface area contributed by atoms with Gasteiger partial charge in [-0.1, -0.05) is 38.1 Å². The Morgan fingerprint density at radius 1 is 1.21 bits per heavy atom. The molecule has 0 heterocycles. The van der Waals surface area contributed by atoms with Crippen LogP contribution in [0.1, 0.15) is 43.4 Å². The first kappa shape index (κ1) is 11.2. The van der Waals surface area contributed by atoms with Crippen molar-refractivity contribution >= 4 is 0 Å². The molecule has 0 saturated carbocycles. The highest BCUT2D eigenvalue weighted by Crippen LogP contribution is 2.24. The third-order valence-electron chi connectivity index (χ3n) is 2.46. The molecule has 1 aromatic carbocycles. The summed E-state index contributed by atoms with van der Waals surface area (Å²) in [6.45, 7) is 4.46. The summed E-state index contributed by atoms with van der Waals surface area (Å²) in [6.07, 6.45) is 0.629. The molecule has 0 saturated heterocycles. The fourth-order valence-corrected chi connectivity index (χ4v) is 1.67. The zero-order valence-corrected chi connectivity index (χ0v) is 8.90. The van der Waals surface area contributed by atoms with E-state index in [1.807, 2.05) is 12.1 Å². The van der Waals surface area contributed by atoms with Crippen LogP contribution in [0, 0.1) is 0 Å². The monoisotopic (exact) mass is 193 g/mol. The molecule has 0 aliphatic heterocycles. The van der Waals surface area contributed by atoms with Crippen molar-refractivity contribution in [3.8, 4) is 0 Å². The van der Waals surface area contributed by atoms with E-state index >= 15 is 0 Å². The van der Waals surface area contributed by atoms with Crippen molar-refractivity contribution in [3.63, 3.8) is 0 Å². The standard InChI is InChI=1S/C12H19NO/c1-9(2)10-5-3-4-6-11(10)12(13)7-8-14/h3-6,9,12,14H,7-8,13H2,1-2H3. The molecule has 0 aliphatic carbocycles. The molecule has 3 N–H and O–H groups in total. The summed E-state index contributed by atoms with van der Waals surface area (Å²) in [5, 5.41) is 8.85. The second-order valence-electron chi connectivity index (χ2n) is 3.90. The summed E-state index contributed by atoms with van der Waals surface area (Å²) in [7, 11) is 0. The Morgan fingerprint density at radius 3 is 2.29 bits per heavy atom. The highest BCUT2D eigenvalue weighted by atomic mass is 16.3. The number of rotatable bonds is 4. The summed E-state index contributed by atoms with van der Waals surface area (Å²) >= 11 is 0. The van der Waals surface area contributed by atoms with Crippen molar-refractivity contribution in [2.45, 2.75) is 32.2 Å². The van der Waals surface area contributed by atoms with Gasteiger partial charge >= 0.3 is 0 Å². The molecule has 1 unspecified atom stereocenters. The zero-order valence-electron chi connectivity index (χ0n) is 8.90. The maximum atomic E-state index is 8.85. The SMILES string of the molecule is CC(C)c1ccccc1C(N)CCO. The molecule has 1 atom stereocenters. The van der Waals surface area contributed by atoms with Crippen molar-refractivity contribution in [1.82, 2.24) is 0 Å². The van der Waals surface area contributed by atoms with Crippen LogP contribution in [0.3, 0.4) is 0 Å². The average molecular weight is 193 g/mol. The summed E-state index contributed by atoms with van der Waals surface area (Å²) in [4.78, 5) is 0. The lowest BCUT2D eigenvalue weighted by Crippen LogP contribution is -2.14. The van der Waals surface area contributed by atoms with Crippen molar-refractivity contribution in [2.24, 2.45) is 5.73 Å². The predicted molar refractivity (Wildman–Crippen MR) is 59.2 cm³/mol. The lowest BCUT2D eigenvalue weighted by Gasteiger charge is -2.17. The van der Waals surface area contributed by atoms with Crippen LogP contribution in [-0.2, 0) is 0 Å². The molecule has 0 spiro atoms. The number of aliphatic hydroxyl groups excluding tert-OH is 1. The fraction of sp³-hybridized carbons (Fsp3) is 0.500. The summed E-state index contributed by atoms with van der Waals surface area (Å²) in [5.41, 5.74) is 8.43. The van der Waals surface area contributed by atoms with E-state index in [1.54, 1.807) is 0 Å². The van der Waals surface area contributed by atoms with Crippen LogP contribution < -0.4 is 5.73 Å². The highest BCUT2D eigenvalue weighted by molar-refractivity contribution is 5.32. The van der Waals surface area contributed by atoms with E-state index in [1.165, 1.54) is 5.56 Å². The maximum absolute atomic E-state index is 8.85. The number of hydrogen-bond acceptors (Lipinski definition) is 2. The van der Waals surface area contributed by atoms with E-state index in [-0.39, 0.29) is 12.6 Å². The lowest BCUT2D eigenvalue weighted by molar-refractivity contribution is 0.276. The largest absolute Gasteiger partial charge is 0.396 e. The molecular formula is C12H19NO. The summed E-state index contributed by atoms with van der Waals surface area (Å²) in [6, 6.07) is 8.15. The Kier molecular flexibility index (Phi) is 4.11. The minimum absolute atomic E-state index is 0.0430. The van der Waals surface area contributed by atoms with Gasteiger partial charge in [0, 0.05) is 12.6 Å². The molecule has 0 bridgehead atoms. The number of hydrogen-bond donors (Lipinski definition) is 2. The van der Waals surface area contributed by atoms with Gasteiger partial charge in [0.05, 0.1) is 0 Å². The third-order valence-corrected chi connectivity index (χ3v) is 2.46. The summed E-state index contributed by atoms with van der Waals surface area (Å²) in [5.74, 6) is 0.482. The topological polar surface area (TPSA) is 46.2 Å². The van der Waals surface area contributed by atoms with Gasteiger partial charge in [-0.15, -0.1) is 0 Å². The predicted octanol–water partition coefficient (Wildman–Crippen LogP) is 2.19. The Balaban J connectivity index is 2.94.